The second-order valence-corrected chi connectivity index (χ2v) is 1.88. The Hall–Kier alpha value is 0.492. The summed E-state index contributed by atoms with van der Waals surface area (Å²) < 4.78 is 4.71. The van der Waals surface area contributed by atoms with Crippen LogP contribution in [-0.4, -0.2) is 28.4 Å². The van der Waals surface area contributed by atoms with Crippen LogP contribution < -0.4 is 0 Å². The molecule has 0 rings (SSSR count). The molecule has 0 bridgehead atoms. The van der Waals surface area contributed by atoms with E-state index in [0.717, 1.165) is 0 Å². The van der Waals surface area contributed by atoms with Crippen molar-refractivity contribution in [1.29, 1.82) is 0 Å². The van der Waals surface area contributed by atoms with Crippen molar-refractivity contribution in [3.8, 4) is 0 Å². The summed E-state index contributed by atoms with van der Waals surface area (Å²) in [5.41, 5.74) is 0. The van der Waals surface area contributed by atoms with Crippen molar-refractivity contribution in [3.63, 3.8) is 0 Å². The van der Waals surface area contributed by atoms with Gasteiger partial charge < -0.3 is 2.85 Å². The standard InChI is InChI=1S/C3H7O.Al.2H/c1-3-4-2;;;/h3H,1-2H3;;;/q;+2;2*-1. The molecule has 0 aromatic carbocycles. The zero-order chi connectivity index (χ0) is 4.28. The van der Waals surface area contributed by atoms with E-state index in [1.165, 1.54) is 0 Å². The minimum Gasteiger partial charge on any atom is -1.00 e. The van der Waals surface area contributed by atoms with Crippen LogP contribution in [-0.2, 0) is 4.74 Å². The van der Waals surface area contributed by atoms with E-state index in [1.807, 2.05) is 6.92 Å². The maximum Gasteiger partial charge on any atom is -1.00 e. The number of rotatable bonds is 1. The molecule has 0 aromatic heterocycles. The molecule has 1 atom stereocenters. The first-order valence-electron chi connectivity index (χ1n) is 1.55. The van der Waals surface area contributed by atoms with Crippen molar-refractivity contribution in [1.82, 2.24) is 0 Å². The van der Waals surface area contributed by atoms with Crippen LogP contribution in [0.3, 0.4) is 0 Å². The predicted octanol–water partition coefficient (Wildman–Crippen LogP) is 0.372. The van der Waals surface area contributed by atoms with Crippen LogP contribution in [0.1, 0.15) is 9.78 Å². The van der Waals surface area contributed by atoms with Gasteiger partial charge in [0.15, 0.2) is 0 Å². The predicted molar refractivity (Wildman–Crippen MR) is 24.4 cm³/mol. The van der Waals surface area contributed by atoms with Gasteiger partial charge in [-0.2, -0.15) is 0 Å². The molecule has 5 heavy (non-hydrogen) atoms. The normalized spacial score (nSPS) is 15.2. The molecular weight excluding hydrogens is 79.0 g/mol. The van der Waals surface area contributed by atoms with Gasteiger partial charge in [0.1, 0.15) is 0 Å². The molecule has 0 N–H and O–H groups in total. The Kier molecular flexibility index (Phi) is 2.98. The van der Waals surface area contributed by atoms with Crippen LogP contribution in [0.2, 0.25) is 0 Å². The fourth-order valence-electron chi connectivity index (χ4n) is 0. The molecular formula is C3H9AlO. The third-order valence-electron chi connectivity index (χ3n) is 0.372. The Morgan fingerprint density at radius 3 is 2.20 bits per heavy atom. The summed E-state index contributed by atoms with van der Waals surface area (Å²) in [6.45, 7) is 1.96. The van der Waals surface area contributed by atoms with Crippen molar-refractivity contribution in [3.05, 3.63) is 0 Å². The average Bonchev–Trinajstić information content (AvgIpc) is 1.38. The van der Waals surface area contributed by atoms with E-state index in [4.69, 9.17) is 4.74 Å². The monoisotopic (exact) mass is 88.0 g/mol. The third-order valence-corrected chi connectivity index (χ3v) is 0.644. The van der Waals surface area contributed by atoms with E-state index >= 15 is 0 Å². The Morgan fingerprint density at radius 2 is 2.20 bits per heavy atom. The number of ether oxygens (including phenoxy) is 1. The van der Waals surface area contributed by atoms with Crippen LogP contribution in [0.15, 0.2) is 0 Å². The third kappa shape index (κ3) is 4.49. The second kappa shape index (κ2) is 2.72. The van der Waals surface area contributed by atoms with Gasteiger partial charge >= 0.3 is 40.0 Å². The SMILES string of the molecule is CO[CH](C)[Al+2].[H-].[H-]. The van der Waals surface area contributed by atoms with Crippen molar-refractivity contribution >= 4 is 16.3 Å². The quantitative estimate of drug-likeness (QED) is 0.421. The van der Waals surface area contributed by atoms with Crippen LogP contribution in [0.5, 0.6) is 0 Å². The Bertz CT molecular complexity index is 26.9. The van der Waals surface area contributed by atoms with E-state index in [0.29, 0.717) is 4.97 Å². The van der Waals surface area contributed by atoms with Crippen LogP contribution in [0.25, 0.3) is 0 Å². The largest absolute Gasteiger partial charge is 1.00 e. The topological polar surface area (TPSA) is 9.23 Å². The van der Waals surface area contributed by atoms with Gasteiger partial charge in [-0.25, -0.2) is 0 Å². The summed E-state index contributed by atoms with van der Waals surface area (Å²) >= 11 is 2.51. The van der Waals surface area contributed by atoms with Gasteiger partial charge in [-0.3, -0.25) is 0 Å². The second-order valence-electron chi connectivity index (χ2n) is 0.941. The first-order chi connectivity index (χ1) is 2.27. The van der Waals surface area contributed by atoms with Gasteiger partial charge in [0.2, 0.25) is 0 Å². The van der Waals surface area contributed by atoms with E-state index in [2.05, 4.69) is 16.3 Å². The molecule has 0 aliphatic rings. The first-order valence-corrected chi connectivity index (χ1v) is 2.22. The molecule has 0 spiro atoms. The Morgan fingerprint density at radius 1 is 2.00 bits per heavy atom. The molecule has 1 unspecified atom stereocenters. The molecule has 2 heteroatoms. The molecule has 0 fully saturated rings. The molecule has 0 saturated carbocycles. The first kappa shape index (κ1) is 5.49. The van der Waals surface area contributed by atoms with Crippen molar-refractivity contribution < 1.29 is 7.59 Å². The maximum atomic E-state index is 4.71. The number of hydrogen-bond acceptors (Lipinski definition) is 1. The molecule has 0 saturated heterocycles. The molecule has 0 amide bonds. The van der Waals surface area contributed by atoms with Crippen molar-refractivity contribution in [2.75, 3.05) is 7.11 Å². The van der Waals surface area contributed by atoms with Gasteiger partial charge in [-0.05, 0) is 0 Å². The summed E-state index contributed by atoms with van der Waals surface area (Å²) in [4.78, 5) is 0.301. The summed E-state index contributed by atoms with van der Waals surface area (Å²) in [6.07, 6.45) is 0. The van der Waals surface area contributed by atoms with E-state index in [9.17, 15) is 0 Å². The molecule has 1 nitrogen and oxygen atoms in total. The molecule has 0 radical (unpaired) electrons. The van der Waals surface area contributed by atoms with Gasteiger partial charge in [-0.1, -0.05) is 0 Å². The maximum absolute atomic E-state index is 4.71. The van der Waals surface area contributed by atoms with Crippen molar-refractivity contribution in [2.24, 2.45) is 0 Å². The van der Waals surface area contributed by atoms with Gasteiger partial charge in [0, 0.05) is 0 Å². The van der Waals surface area contributed by atoms with E-state index in [1.54, 1.807) is 7.11 Å². The number of hydrogen-bond donors (Lipinski definition) is 0. The zero-order valence-electron chi connectivity index (χ0n) is 5.56. The summed E-state index contributed by atoms with van der Waals surface area (Å²) in [6, 6.07) is 0. The molecule has 0 aliphatic heterocycles. The minimum absolute atomic E-state index is 0. The average molecular weight is 88.1 g/mol. The summed E-state index contributed by atoms with van der Waals surface area (Å²) in [7, 11) is 1.68. The smallest absolute Gasteiger partial charge is 1.00 e. The van der Waals surface area contributed by atoms with Gasteiger partial charge in [0.05, 0.1) is 0 Å². The fraction of sp³-hybridized carbons (Fsp3) is 1.00. The molecule has 0 aromatic rings. The summed E-state index contributed by atoms with van der Waals surface area (Å²) in [5.74, 6) is 0. The summed E-state index contributed by atoms with van der Waals surface area (Å²) in [5, 5.41) is 0. The molecule has 0 aliphatic carbocycles. The van der Waals surface area contributed by atoms with E-state index in [-0.39, 0.29) is 2.85 Å². The van der Waals surface area contributed by atoms with E-state index < -0.39 is 0 Å². The Balaban J connectivity index is -0.0000000800. The molecule has 30 valence electrons. The van der Waals surface area contributed by atoms with Gasteiger partial charge in [-0.15, -0.1) is 0 Å². The zero-order valence-corrected chi connectivity index (χ0v) is 4.72. The molecule has 0 heterocycles. The van der Waals surface area contributed by atoms with Crippen molar-refractivity contribution in [2.45, 2.75) is 11.9 Å². The van der Waals surface area contributed by atoms with Crippen LogP contribution >= 0.6 is 0 Å². The Labute approximate surface area is 43.7 Å². The minimum atomic E-state index is 0. The van der Waals surface area contributed by atoms with Crippen LogP contribution in [0, 0.1) is 0 Å². The van der Waals surface area contributed by atoms with Gasteiger partial charge in [0.25, 0.3) is 0 Å². The fourth-order valence-corrected chi connectivity index (χ4v) is 0. The number of methoxy groups -OCH3 is 1. The van der Waals surface area contributed by atoms with Crippen LogP contribution in [0.4, 0.5) is 0 Å².